The van der Waals surface area contributed by atoms with Crippen LogP contribution in [-0.2, 0) is 9.53 Å². The molecule has 1 aromatic carbocycles. The topological polar surface area (TPSA) is 49.9 Å². The number of amides is 2. The van der Waals surface area contributed by atoms with Gasteiger partial charge >= 0.3 is 6.09 Å². The lowest BCUT2D eigenvalue weighted by Crippen LogP contribution is -2.44. The largest absolute Gasteiger partial charge is 0.444 e. The first-order valence-electron chi connectivity index (χ1n) is 10.0. The summed E-state index contributed by atoms with van der Waals surface area (Å²) in [6.45, 7) is 9.56. The van der Waals surface area contributed by atoms with Crippen LogP contribution in [0.25, 0.3) is 0 Å². The Kier molecular flexibility index (Phi) is 5.78. The molecule has 2 fully saturated rings. The van der Waals surface area contributed by atoms with E-state index < -0.39 is 5.60 Å². The van der Waals surface area contributed by atoms with Gasteiger partial charge in [-0.05, 0) is 51.5 Å². The zero-order chi connectivity index (χ0) is 19.6. The van der Waals surface area contributed by atoms with E-state index in [9.17, 15) is 9.59 Å². The van der Waals surface area contributed by atoms with Crippen molar-refractivity contribution in [2.24, 2.45) is 5.92 Å². The summed E-state index contributed by atoms with van der Waals surface area (Å²) in [6, 6.07) is 10.8. The van der Waals surface area contributed by atoms with E-state index in [1.165, 1.54) is 5.56 Å². The van der Waals surface area contributed by atoms with Crippen molar-refractivity contribution in [2.45, 2.75) is 64.5 Å². The van der Waals surface area contributed by atoms with E-state index in [1.807, 2.05) is 26.8 Å². The van der Waals surface area contributed by atoms with Gasteiger partial charge in [0.1, 0.15) is 5.60 Å². The Hall–Kier alpha value is -2.04. The second kappa shape index (κ2) is 7.91. The highest BCUT2D eigenvalue weighted by Crippen LogP contribution is 2.45. The molecule has 2 aliphatic rings. The summed E-state index contributed by atoms with van der Waals surface area (Å²) < 4.78 is 5.47. The van der Waals surface area contributed by atoms with Crippen LogP contribution in [0.4, 0.5) is 4.79 Å². The minimum atomic E-state index is -0.461. The standard InChI is InChI=1S/C22H32N2O3/c1-16(25)24(20-14-19(20)18-8-6-5-7-9-18)15-17-10-12-23(13-11-17)21(26)27-22(2,3)4/h5-9,17,19-20H,10-15H2,1-4H3/t19-,20+/m0/s1. The number of rotatable bonds is 4. The van der Waals surface area contributed by atoms with Gasteiger partial charge in [-0.25, -0.2) is 4.79 Å². The molecule has 5 nitrogen and oxygen atoms in total. The second-order valence-corrected chi connectivity index (χ2v) is 8.90. The monoisotopic (exact) mass is 372 g/mol. The first-order chi connectivity index (χ1) is 12.7. The Balaban J connectivity index is 1.51. The van der Waals surface area contributed by atoms with Crippen LogP contribution in [0, 0.1) is 5.92 Å². The van der Waals surface area contributed by atoms with E-state index in [0.29, 0.717) is 31.0 Å². The van der Waals surface area contributed by atoms with Crippen molar-refractivity contribution in [2.75, 3.05) is 19.6 Å². The number of nitrogens with zero attached hydrogens (tertiary/aromatic N) is 2. The van der Waals surface area contributed by atoms with Gasteiger partial charge in [-0.3, -0.25) is 4.79 Å². The number of carbonyl (C=O) groups is 2. The fourth-order valence-corrected chi connectivity index (χ4v) is 3.98. The first kappa shape index (κ1) is 19.7. The molecule has 0 bridgehead atoms. The zero-order valence-corrected chi connectivity index (χ0v) is 17.0. The Morgan fingerprint density at radius 2 is 1.78 bits per heavy atom. The van der Waals surface area contributed by atoms with Gasteiger partial charge < -0.3 is 14.5 Å². The van der Waals surface area contributed by atoms with E-state index in [-0.39, 0.29) is 12.0 Å². The second-order valence-electron chi connectivity index (χ2n) is 8.90. The minimum absolute atomic E-state index is 0.160. The quantitative estimate of drug-likeness (QED) is 0.801. The van der Waals surface area contributed by atoms with Gasteiger partial charge in [0.25, 0.3) is 0 Å². The number of piperidine rings is 1. The predicted octanol–water partition coefficient (Wildman–Crippen LogP) is 4.04. The molecule has 1 heterocycles. The summed E-state index contributed by atoms with van der Waals surface area (Å²) in [5.41, 5.74) is 0.867. The molecule has 2 amide bonds. The van der Waals surface area contributed by atoms with E-state index in [1.54, 1.807) is 11.8 Å². The number of hydrogen-bond acceptors (Lipinski definition) is 3. The molecule has 1 aliphatic carbocycles. The number of carbonyl (C=O) groups excluding carboxylic acids is 2. The molecule has 1 saturated carbocycles. The normalized spacial score (nSPS) is 23.0. The smallest absolute Gasteiger partial charge is 0.410 e. The maximum atomic E-state index is 12.2. The molecule has 3 rings (SSSR count). The summed E-state index contributed by atoms with van der Waals surface area (Å²) in [4.78, 5) is 28.3. The minimum Gasteiger partial charge on any atom is -0.444 e. The van der Waals surface area contributed by atoms with Crippen molar-refractivity contribution in [3.8, 4) is 0 Å². The fraction of sp³-hybridized carbons (Fsp3) is 0.636. The summed E-state index contributed by atoms with van der Waals surface area (Å²) >= 11 is 0. The Bertz CT molecular complexity index is 660. The van der Waals surface area contributed by atoms with Crippen LogP contribution >= 0.6 is 0 Å². The van der Waals surface area contributed by atoms with Gasteiger partial charge in [-0.1, -0.05) is 30.3 Å². The molecule has 0 aromatic heterocycles. The molecular weight excluding hydrogens is 340 g/mol. The zero-order valence-electron chi connectivity index (χ0n) is 17.0. The number of hydrogen-bond donors (Lipinski definition) is 0. The van der Waals surface area contributed by atoms with E-state index >= 15 is 0 Å². The van der Waals surface area contributed by atoms with Crippen molar-refractivity contribution >= 4 is 12.0 Å². The number of ether oxygens (including phenoxy) is 1. The Labute approximate surface area is 162 Å². The first-order valence-corrected chi connectivity index (χ1v) is 10.0. The molecule has 2 atom stereocenters. The molecule has 0 N–H and O–H groups in total. The van der Waals surface area contributed by atoms with Gasteiger partial charge in [0.15, 0.2) is 0 Å². The van der Waals surface area contributed by atoms with Crippen LogP contribution < -0.4 is 0 Å². The number of likely N-dealkylation sites (tertiary alicyclic amines) is 1. The highest BCUT2D eigenvalue weighted by molar-refractivity contribution is 5.74. The highest BCUT2D eigenvalue weighted by atomic mass is 16.6. The molecule has 1 aromatic rings. The molecule has 0 unspecified atom stereocenters. The maximum absolute atomic E-state index is 12.2. The van der Waals surface area contributed by atoms with Gasteiger partial charge in [0.05, 0.1) is 0 Å². The van der Waals surface area contributed by atoms with Gasteiger partial charge in [0.2, 0.25) is 5.91 Å². The number of benzene rings is 1. The van der Waals surface area contributed by atoms with Crippen LogP contribution in [0.3, 0.4) is 0 Å². The van der Waals surface area contributed by atoms with E-state index in [0.717, 1.165) is 25.8 Å². The molecule has 148 valence electrons. The van der Waals surface area contributed by atoms with Crippen molar-refractivity contribution in [1.29, 1.82) is 0 Å². The third-order valence-electron chi connectivity index (χ3n) is 5.51. The molecule has 5 heteroatoms. The summed E-state index contributed by atoms with van der Waals surface area (Å²) in [5, 5.41) is 0. The third-order valence-corrected chi connectivity index (χ3v) is 5.51. The average Bonchev–Trinajstić information content (AvgIpc) is 3.39. The van der Waals surface area contributed by atoms with E-state index in [2.05, 4.69) is 29.2 Å². The van der Waals surface area contributed by atoms with Crippen molar-refractivity contribution in [3.05, 3.63) is 35.9 Å². The molecule has 0 radical (unpaired) electrons. The van der Waals surface area contributed by atoms with Gasteiger partial charge in [0, 0.05) is 38.5 Å². The molecule has 27 heavy (non-hydrogen) atoms. The van der Waals surface area contributed by atoms with Gasteiger partial charge in [-0.15, -0.1) is 0 Å². The van der Waals surface area contributed by atoms with Gasteiger partial charge in [-0.2, -0.15) is 0 Å². The summed E-state index contributed by atoms with van der Waals surface area (Å²) in [5.74, 6) is 1.08. The SMILES string of the molecule is CC(=O)N(CC1CCN(C(=O)OC(C)(C)C)CC1)[C@@H]1C[C@H]1c1ccccc1. The molecular formula is C22H32N2O3. The lowest BCUT2D eigenvalue weighted by atomic mass is 9.96. The fourth-order valence-electron chi connectivity index (χ4n) is 3.98. The lowest BCUT2D eigenvalue weighted by molar-refractivity contribution is -0.130. The van der Waals surface area contributed by atoms with Crippen LogP contribution in [0.2, 0.25) is 0 Å². The van der Waals surface area contributed by atoms with Crippen LogP contribution in [0.5, 0.6) is 0 Å². The highest BCUT2D eigenvalue weighted by Gasteiger charge is 2.44. The summed E-state index contributed by atoms with van der Waals surface area (Å²) in [6.07, 6.45) is 2.67. The Morgan fingerprint density at radius 3 is 2.33 bits per heavy atom. The maximum Gasteiger partial charge on any atom is 0.410 e. The van der Waals surface area contributed by atoms with Crippen molar-refractivity contribution < 1.29 is 14.3 Å². The lowest BCUT2D eigenvalue weighted by Gasteiger charge is -2.35. The summed E-state index contributed by atoms with van der Waals surface area (Å²) in [7, 11) is 0. The molecule has 0 spiro atoms. The van der Waals surface area contributed by atoms with Crippen molar-refractivity contribution in [3.63, 3.8) is 0 Å². The molecule has 1 saturated heterocycles. The van der Waals surface area contributed by atoms with Crippen LogP contribution in [0.15, 0.2) is 30.3 Å². The van der Waals surface area contributed by atoms with Crippen LogP contribution in [0.1, 0.15) is 58.4 Å². The Morgan fingerprint density at radius 1 is 1.15 bits per heavy atom. The average molecular weight is 373 g/mol. The van der Waals surface area contributed by atoms with E-state index in [4.69, 9.17) is 4.74 Å². The van der Waals surface area contributed by atoms with Crippen LogP contribution in [-0.4, -0.2) is 53.1 Å². The van der Waals surface area contributed by atoms with Crippen molar-refractivity contribution in [1.82, 2.24) is 9.80 Å². The molecule has 1 aliphatic heterocycles. The third kappa shape index (κ3) is 5.24. The predicted molar refractivity (Wildman–Crippen MR) is 106 cm³/mol.